The molecule has 0 bridgehead atoms. The molecule has 1 saturated heterocycles. The van der Waals surface area contributed by atoms with Gasteiger partial charge in [-0.2, -0.15) is 0 Å². The maximum Gasteiger partial charge on any atom is 0.137 e. The minimum Gasteiger partial charge on any atom is -0.492 e. The first-order valence-corrected chi connectivity index (χ1v) is 8.30. The lowest BCUT2D eigenvalue weighted by Crippen LogP contribution is -2.35. The van der Waals surface area contributed by atoms with E-state index in [2.05, 4.69) is 24.8 Å². The summed E-state index contributed by atoms with van der Waals surface area (Å²) in [5.41, 5.74) is 6.99. The molecule has 4 heteroatoms. The first-order chi connectivity index (χ1) is 10.1. The third kappa shape index (κ3) is 5.17. The first-order valence-electron chi connectivity index (χ1n) is 7.92. The highest BCUT2D eigenvalue weighted by Crippen LogP contribution is 2.27. The number of nitrogens with two attached hydrogens (primary N) is 1. The van der Waals surface area contributed by atoms with Gasteiger partial charge in [-0.25, -0.2) is 0 Å². The molecule has 1 fully saturated rings. The zero-order valence-electron chi connectivity index (χ0n) is 13.1. The third-order valence-corrected chi connectivity index (χ3v) is 4.31. The number of rotatable bonds is 6. The average Bonchev–Trinajstić information content (AvgIpc) is 2.47. The van der Waals surface area contributed by atoms with Crippen LogP contribution in [0.4, 0.5) is 0 Å². The summed E-state index contributed by atoms with van der Waals surface area (Å²) >= 11 is 6.32. The molecule has 1 aliphatic heterocycles. The minimum atomic E-state index is 0.504. The van der Waals surface area contributed by atoms with Gasteiger partial charge in [0, 0.05) is 6.54 Å². The van der Waals surface area contributed by atoms with E-state index in [0.717, 1.165) is 31.9 Å². The van der Waals surface area contributed by atoms with Crippen molar-refractivity contribution in [2.45, 2.75) is 33.2 Å². The molecule has 1 heterocycles. The normalized spacial score (nSPS) is 17.4. The van der Waals surface area contributed by atoms with E-state index in [9.17, 15) is 0 Å². The molecule has 118 valence electrons. The van der Waals surface area contributed by atoms with Crippen molar-refractivity contribution < 1.29 is 4.74 Å². The van der Waals surface area contributed by atoms with E-state index in [-0.39, 0.29) is 0 Å². The number of hydrogen-bond donors (Lipinski definition) is 1. The maximum absolute atomic E-state index is 6.32. The molecule has 21 heavy (non-hydrogen) atoms. The average molecular weight is 311 g/mol. The van der Waals surface area contributed by atoms with E-state index in [4.69, 9.17) is 22.1 Å². The standard InChI is InChI=1S/C17H27ClN2O/c1-13(2)12-21-17-4-3-15(9-16(17)18)11-20-7-5-14(10-19)6-8-20/h3-4,9,13-14H,5-8,10-12,19H2,1-2H3. The predicted octanol–water partition coefficient (Wildman–Crippen LogP) is 3.55. The Morgan fingerprint density at radius 3 is 2.62 bits per heavy atom. The largest absolute Gasteiger partial charge is 0.492 e. The SMILES string of the molecule is CC(C)COc1ccc(CN2CCC(CN)CC2)cc1Cl. The van der Waals surface area contributed by atoms with Gasteiger partial charge in [0.15, 0.2) is 0 Å². The van der Waals surface area contributed by atoms with Crippen molar-refractivity contribution in [3.8, 4) is 5.75 Å². The quantitative estimate of drug-likeness (QED) is 0.873. The van der Waals surface area contributed by atoms with Gasteiger partial charge in [0.05, 0.1) is 11.6 Å². The fourth-order valence-corrected chi connectivity index (χ4v) is 2.91. The van der Waals surface area contributed by atoms with Crippen LogP contribution in [0.15, 0.2) is 18.2 Å². The number of piperidine rings is 1. The van der Waals surface area contributed by atoms with Gasteiger partial charge in [0.25, 0.3) is 0 Å². The lowest BCUT2D eigenvalue weighted by atomic mass is 9.97. The Bertz CT molecular complexity index is 442. The van der Waals surface area contributed by atoms with Crippen molar-refractivity contribution in [3.05, 3.63) is 28.8 Å². The number of ether oxygens (including phenoxy) is 1. The monoisotopic (exact) mass is 310 g/mol. The van der Waals surface area contributed by atoms with Gasteiger partial charge in [0.2, 0.25) is 0 Å². The van der Waals surface area contributed by atoms with Crippen LogP contribution in [0, 0.1) is 11.8 Å². The van der Waals surface area contributed by atoms with Gasteiger partial charge in [-0.05, 0) is 62.0 Å². The van der Waals surface area contributed by atoms with Crippen LogP contribution in [0.25, 0.3) is 0 Å². The summed E-state index contributed by atoms with van der Waals surface area (Å²) in [4.78, 5) is 2.48. The molecule has 0 spiro atoms. The van der Waals surface area contributed by atoms with Crippen molar-refractivity contribution in [2.24, 2.45) is 17.6 Å². The van der Waals surface area contributed by atoms with Gasteiger partial charge < -0.3 is 10.5 Å². The summed E-state index contributed by atoms with van der Waals surface area (Å²) in [7, 11) is 0. The number of likely N-dealkylation sites (tertiary alicyclic amines) is 1. The summed E-state index contributed by atoms with van der Waals surface area (Å²) in [6, 6.07) is 6.15. The van der Waals surface area contributed by atoms with E-state index in [1.165, 1.54) is 18.4 Å². The molecular formula is C17H27ClN2O. The predicted molar refractivity (Wildman–Crippen MR) is 88.8 cm³/mol. The maximum atomic E-state index is 6.32. The number of halogens is 1. The Balaban J connectivity index is 1.88. The van der Waals surface area contributed by atoms with Gasteiger partial charge in [-0.3, -0.25) is 4.90 Å². The topological polar surface area (TPSA) is 38.5 Å². The van der Waals surface area contributed by atoms with E-state index >= 15 is 0 Å². The van der Waals surface area contributed by atoms with E-state index in [0.29, 0.717) is 23.5 Å². The Kier molecular flexibility index (Phi) is 6.34. The summed E-state index contributed by atoms with van der Waals surface area (Å²) < 4.78 is 5.71. The molecule has 2 rings (SSSR count). The van der Waals surface area contributed by atoms with E-state index in [1.807, 2.05) is 12.1 Å². The van der Waals surface area contributed by atoms with Crippen LogP contribution in [0.1, 0.15) is 32.3 Å². The van der Waals surface area contributed by atoms with Crippen molar-refractivity contribution in [3.63, 3.8) is 0 Å². The fourth-order valence-electron chi connectivity index (χ4n) is 2.65. The zero-order valence-corrected chi connectivity index (χ0v) is 13.9. The highest BCUT2D eigenvalue weighted by Gasteiger charge is 2.18. The molecule has 1 aromatic carbocycles. The fraction of sp³-hybridized carbons (Fsp3) is 0.647. The summed E-state index contributed by atoms with van der Waals surface area (Å²) in [5, 5.41) is 0.713. The Morgan fingerprint density at radius 1 is 1.33 bits per heavy atom. The first kappa shape index (κ1) is 16.6. The molecule has 3 nitrogen and oxygen atoms in total. The van der Waals surface area contributed by atoms with Crippen molar-refractivity contribution in [2.75, 3.05) is 26.2 Å². The molecule has 0 amide bonds. The zero-order chi connectivity index (χ0) is 15.2. The van der Waals surface area contributed by atoms with Crippen molar-refractivity contribution in [1.82, 2.24) is 4.90 Å². The van der Waals surface area contributed by atoms with Crippen molar-refractivity contribution >= 4 is 11.6 Å². The van der Waals surface area contributed by atoms with Gasteiger partial charge in [0.1, 0.15) is 5.75 Å². The second kappa shape index (κ2) is 8.02. The summed E-state index contributed by atoms with van der Waals surface area (Å²) in [6.45, 7) is 9.01. The van der Waals surface area contributed by atoms with E-state index in [1.54, 1.807) is 0 Å². The second-order valence-electron chi connectivity index (χ2n) is 6.42. The number of hydrogen-bond acceptors (Lipinski definition) is 3. The molecule has 1 aliphatic rings. The molecule has 0 radical (unpaired) electrons. The van der Waals surface area contributed by atoms with Crippen LogP contribution in [-0.4, -0.2) is 31.1 Å². The summed E-state index contributed by atoms with van der Waals surface area (Å²) in [6.07, 6.45) is 2.42. The Hall–Kier alpha value is -0.770. The Morgan fingerprint density at radius 2 is 2.05 bits per heavy atom. The highest BCUT2D eigenvalue weighted by atomic mass is 35.5. The molecular weight excluding hydrogens is 284 g/mol. The van der Waals surface area contributed by atoms with Crippen LogP contribution in [0.3, 0.4) is 0 Å². The van der Waals surface area contributed by atoms with Crippen LogP contribution in [0.2, 0.25) is 5.02 Å². The minimum absolute atomic E-state index is 0.504. The molecule has 0 aliphatic carbocycles. The molecule has 2 N–H and O–H groups in total. The van der Waals surface area contributed by atoms with Crippen LogP contribution >= 0.6 is 11.6 Å². The molecule has 0 saturated carbocycles. The smallest absolute Gasteiger partial charge is 0.137 e. The lowest BCUT2D eigenvalue weighted by molar-refractivity contribution is 0.180. The Labute approximate surface area is 133 Å². The molecule has 0 atom stereocenters. The molecule has 0 unspecified atom stereocenters. The number of nitrogens with zero attached hydrogens (tertiary/aromatic N) is 1. The summed E-state index contributed by atoms with van der Waals surface area (Å²) in [5.74, 6) is 2.00. The molecule has 0 aromatic heterocycles. The lowest BCUT2D eigenvalue weighted by Gasteiger charge is -2.31. The van der Waals surface area contributed by atoms with Crippen LogP contribution in [-0.2, 0) is 6.54 Å². The van der Waals surface area contributed by atoms with Crippen LogP contribution in [0.5, 0.6) is 5.75 Å². The second-order valence-corrected chi connectivity index (χ2v) is 6.83. The number of benzene rings is 1. The molecule has 1 aromatic rings. The van der Waals surface area contributed by atoms with E-state index < -0.39 is 0 Å². The van der Waals surface area contributed by atoms with Gasteiger partial charge >= 0.3 is 0 Å². The third-order valence-electron chi connectivity index (χ3n) is 4.02. The van der Waals surface area contributed by atoms with Gasteiger partial charge in [-0.1, -0.05) is 31.5 Å². The highest BCUT2D eigenvalue weighted by molar-refractivity contribution is 6.32. The van der Waals surface area contributed by atoms with Crippen molar-refractivity contribution in [1.29, 1.82) is 0 Å². The van der Waals surface area contributed by atoms with Gasteiger partial charge in [-0.15, -0.1) is 0 Å². The van der Waals surface area contributed by atoms with Crippen LogP contribution < -0.4 is 10.5 Å².